The van der Waals surface area contributed by atoms with Crippen LogP contribution in [0.5, 0.6) is 0 Å². The summed E-state index contributed by atoms with van der Waals surface area (Å²) in [5, 5.41) is 6.43. The smallest absolute Gasteiger partial charge is 0.0997 e. The molecule has 5 nitrogen and oxygen atoms in total. The fraction of sp³-hybridized carbons (Fsp3) is 0.409. The molecule has 27 heavy (non-hydrogen) atoms. The molecule has 0 spiro atoms. The summed E-state index contributed by atoms with van der Waals surface area (Å²) in [6, 6.07) is 8.92. The van der Waals surface area contributed by atoms with E-state index in [0.29, 0.717) is 6.04 Å². The standard InChI is InChI=1S/C22H26N4O/c1-15(2)25-10-7-21-19(14-25)22(24-26(21)16-8-11-27-12-9-16)18-13-23-20-6-4-3-5-17(18)20/h3-6,13,16,23H,1,7-12,14H2,2H3. The lowest BCUT2D eigenvalue weighted by Gasteiger charge is -2.31. The minimum atomic E-state index is 0.447. The van der Waals surface area contributed by atoms with E-state index in [-0.39, 0.29) is 0 Å². The van der Waals surface area contributed by atoms with Crippen molar-refractivity contribution in [3.05, 3.63) is 54.0 Å². The van der Waals surface area contributed by atoms with Crippen molar-refractivity contribution < 1.29 is 4.74 Å². The quantitative estimate of drug-likeness (QED) is 0.757. The molecule has 0 unspecified atom stereocenters. The number of hydrogen-bond donors (Lipinski definition) is 1. The maximum Gasteiger partial charge on any atom is 0.0997 e. The number of hydrogen-bond acceptors (Lipinski definition) is 3. The summed E-state index contributed by atoms with van der Waals surface area (Å²) in [5.74, 6) is 0. The average Bonchev–Trinajstić information content (AvgIpc) is 3.29. The van der Waals surface area contributed by atoms with Gasteiger partial charge in [-0.05, 0) is 25.8 Å². The van der Waals surface area contributed by atoms with Gasteiger partial charge in [0, 0.05) is 72.3 Å². The molecule has 5 rings (SSSR count). The van der Waals surface area contributed by atoms with Crippen molar-refractivity contribution in [3.8, 4) is 11.3 Å². The Bertz CT molecular complexity index is 993. The molecule has 2 aliphatic rings. The van der Waals surface area contributed by atoms with Gasteiger partial charge >= 0.3 is 0 Å². The molecule has 140 valence electrons. The summed E-state index contributed by atoms with van der Waals surface area (Å²) in [4.78, 5) is 5.79. The first-order valence-electron chi connectivity index (χ1n) is 9.87. The molecule has 0 aliphatic carbocycles. The maximum absolute atomic E-state index is 5.58. The highest BCUT2D eigenvalue weighted by molar-refractivity contribution is 5.95. The fourth-order valence-corrected chi connectivity index (χ4v) is 4.49. The Labute approximate surface area is 159 Å². The van der Waals surface area contributed by atoms with Crippen molar-refractivity contribution in [2.75, 3.05) is 19.8 Å². The predicted molar refractivity (Wildman–Crippen MR) is 108 cm³/mol. The largest absolute Gasteiger partial charge is 0.381 e. The average molecular weight is 362 g/mol. The molecule has 0 saturated carbocycles. The van der Waals surface area contributed by atoms with Crippen molar-refractivity contribution in [2.24, 2.45) is 0 Å². The molecule has 0 atom stereocenters. The van der Waals surface area contributed by atoms with E-state index in [2.05, 4.69) is 58.5 Å². The minimum absolute atomic E-state index is 0.447. The Morgan fingerprint density at radius 1 is 1.26 bits per heavy atom. The SMILES string of the molecule is C=C(C)N1CCc2c(c(-c3c[nH]c4ccccc34)nn2C2CCOCC2)C1. The van der Waals surface area contributed by atoms with Gasteiger partial charge in [-0.3, -0.25) is 4.68 Å². The Hall–Kier alpha value is -2.53. The highest BCUT2D eigenvalue weighted by Crippen LogP contribution is 2.37. The first-order valence-corrected chi connectivity index (χ1v) is 9.87. The summed E-state index contributed by atoms with van der Waals surface area (Å²) in [6.07, 6.45) is 5.23. The normalized spacial score (nSPS) is 18.0. The lowest BCUT2D eigenvalue weighted by atomic mass is 9.99. The Morgan fingerprint density at radius 2 is 2.07 bits per heavy atom. The molecule has 2 aromatic heterocycles. The predicted octanol–water partition coefficient (Wildman–Crippen LogP) is 4.27. The van der Waals surface area contributed by atoms with Crippen LogP contribution in [-0.4, -0.2) is 39.4 Å². The van der Waals surface area contributed by atoms with E-state index in [1.165, 1.54) is 22.2 Å². The van der Waals surface area contributed by atoms with Crippen LogP contribution in [0.25, 0.3) is 22.2 Å². The van der Waals surface area contributed by atoms with E-state index in [1.807, 2.05) is 0 Å². The van der Waals surface area contributed by atoms with Gasteiger partial charge in [0.15, 0.2) is 0 Å². The molecule has 0 bridgehead atoms. The van der Waals surface area contributed by atoms with Crippen LogP contribution >= 0.6 is 0 Å². The number of H-pyrrole nitrogens is 1. The topological polar surface area (TPSA) is 46.1 Å². The third-order valence-corrected chi connectivity index (χ3v) is 6.01. The second kappa shape index (κ2) is 6.57. The van der Waals surface area contributed by atoms with E-state index in [1.54, 1.807) is 0 Å². The number of benzene rings is 1. The molecular weight excluding hydrogens is 336 g/mol. The van der Waals surface area contributed by atoms with E-state index in [9.17, 15) is 0 Å². The number of rotatable bonds is 3. The van der Waals surface area contributed by atoms with Crippen LogP contribution in [-0.2, 0) is 17.7 Å². The highest BCUT2D eigenvalue weighted by atomic mass is 16.5. The van der Waals surface area contributed by atoms with Gasteiger partial charge in [-0.25, -0.2) is 0 Å². The van der Waals surface area contributed by atoms with Crippen molar-refractivity contribution in [1.29, 1.82) is 0 Å². The number of aromatic amines is 1. The van der Waals surface area contributed by atoms with Crippen molar-refractivity contribution in [1.82, 2.24) is 19.7 Å². The summed E-state index contributed by atoms with van der Waals surface area (Å²) in [7, 11) is 0. The number of aromatic nitrogens is 3. The number of nitrogens with one attached hydrogen (secondary N) is 1. The zero-order valence-corrected chi connectivity index (χ0v) is 15.9. The number of nitrogens with zero attached hydrogens (tertiary/aromatic N) is 3. The lowest BCUT2D eigenvalue weighted by Crippen LogP contribution is -2.31. The molecule has 1 N–H and O–H groups in total. The first-order chi connectivity index (χ1) is 13.2. The van der Waals surface area contributed by atoms with E-state index in [4.69, 9.17) is 9.84 Å². The van der Waals surface area contributed by atoms with E-state index >= 15 is 0 Å². The minimum Gasteiger partial charge on any atom is -0.381 e. The molecule has 5 heteroatoms. The number of para-hydroxylation sites is 1. The van der Waals surface area contributed by atoms with Crippen molar-refractivity contribution >= 4 is 10.9 Å². The van der Waals surface area contributed by atoms with Crippen molar-refractivity contribution in [2.45, 2.75) is 38.8 Å². The maximum atomic E-state index is 5.58. The van der Waals surface area contributed by atoms with E-state index in [0.717, 1.165) is 62.5 Å². The van der Waals surface area contributed by atoms with Crippen LogP contribution in [0.2, 0.25) is 0 Å². The second-order valence-corrected chi connectivity index (χ2v) is 7.72. The van der Waals surface area contributed by atoms with Crippen LogP contribution < -0.4 is 0 Å². The van der Waals surface area contributed by atoms with Gasteiger partial charge in [0.1, 0.15) is 0 Å². The van der Waals surface area contributed by atoms with Gasteiger partial charge in [0.25, 0.3) is 0 Å². The molecule has 0 radical (unpaired) electrons. The van der Waals surface area contributed by atoms with Gasteiger partial charge in [-0.15, -0.1) is 0 Å². The van der Waals surface area contributed by atoms with Crippen LogP contribution in [0.15, 0.2) is 42.7 Å². The summed E-state index contributed by atoms with van der Waals surface area (Å²) < 4.78 is 7.91. The first kappa shape index (κ1) is 16.6. The van der Waals surface area contributed by atoms with Crippen LogP contribution in [0.4, 0.5) is 0 Å². The molecule has 3 aromatic rings. The zero-order chi connectivity index (χ0) is 18.4. The number of ether oxygens (including phenoxy) is 1. The highest BCUT2D eigenvalue weighted by Gasteiger charge is 2.29. The fourth-order valence-electron chi connectivity index (χ4n) is 4.49. The number of fused-ring (bicyclic) bond motifs is 2. The molecule has 0 amide bonds. The summed E-state index contributed by atoms with van der Waals surface area (Å²) >= 11 is 0. The summed E-state index contributed by atoms with van der Waals surface area (Å²) in [6.45, 7) is 9.84. The molecule has 1 aromatic carbocycles. The molecular formula is C22H26N4O. The Kier molecular flexibility index (Phi) is 4.05. The zero-order valence-electron chi connectivity index (χ0n) is 15.9. The second-order valence-electron chi connectivity index (χ2n) is 7.72. The van der Waals surface area contributed by atoms with Crippen molar-refractivity contribution in [3.63, 3.8) is 0 Å². The molecule has 2 aliphatic heterocycles. The van der Waals surface area contributed by atoms with Gasteiger partial charge in [0.2, 0.25) is 0 Å². The molecule has 1 saturated heterocycles. The lowest BCUT2D eigenvalue weighted by molar-refractivity contribution is 0.0651. The third-order valence-electron chi connectivity index (χ3n) is 6.01. The Morgan fingerprint density at radius 3 is 2.89 bits per heavy atom. The molecule has 1 fully saturated rings. The van der Waals surface area contributed by atoms with Crippen LogP contribution in [0.1, 0.15) is 37.1 Å². The van der Waals surface area contributed by atoms with Gasteiger partial charge in [0.05, 0.1) is 11.7 Å². The van der Waals surface area contributed by atoms with Crippen LogP contribution in [0, 0.1) is 0 Å². The summed E-state index contributed by atoms with van der Waals surface area (Å²) in [5.41, 5.74) is 7.38. The third kappa shape index (κ3) is 2.77. The number of allylic oxidation sites excluding steroid dienone is 1. The van der Waals surface area contributed by atoms with Crippen LogP contribution in [0.3, 0.4) is 0 Å². The van der Waals surface area contributed by atoms with Gasteiger partial charge < -0.3 is 14.6 Å². The Balaban J connectivity index is 1.66. The van der Waals surface area contributed by atoms with E-state index < -0.39 is 0 Å². The monoisotopic (exact) mass is 362 g/mol. The van der Waals surface area contributed by atoms with Gasteiger partial charge in [-0.1, -0.05) is 24.8 Å². The molecule has 4 heterocycles. The van der Waals surface area contributed by atoms with Gasteiger partial charge in [-0.2, -0.15) is 5.10 Å².